The van der Waals surface area contributed by atoms with Gasteiger partial charge in [0.05, 0.1) is 5.39 Å². The zero-order valence-corrected chi connectivity index (χ0v) is 17.6. The maximum Gasteiger partial charge on any atom is 0.359 e. The lowest BCUT2D eigenvalue weighted by Gasteiger charge is -2.13. The molecule has 0 bridgehead atoms. The van der Waals surface area contributed by atoms with Crippen LogP contribution in [-0.4, -0.2) is 28.3 Å². The second-order valence-electron chi connectivity index (χ2n) is 7.72. The molecule has 0 atom stereocenters. The van der Waals surface area contributed by atoms with E-state index in [0.717, 1.165) is 11.1 Å². The summed E-state index contributed by atoms with van der Waals surface area (Å²) in [6.45, 7) is 7.69. The van der Waals surface area contributed by atoms with E-state index in [-0.39, 0.29) is 17.2 Å². The van der Waals surface area contributed by atoms with Crippen LogP contribution in [0.2, 0.25) is 0 Å². The Morgan fingerprint density at radius 1 is 1.10 bits per heavy atom. The largest absolute Gasteiger partial charge is 0.451 e. The minimum Gasteiger partial charge on any atom is -0.451 e. The van der Waals surface area contributed by atoms with Crippen molar-refractivity contribution in [1.82, 2.24) is 9.78 Å². The molecule has 0 fully saturated rings. The maximum atomic E-state index is 12.7. The Balaban J connectivity index is 1.80. The number of rotatable bonds is 6. The van der Waals surface area contributed by atoms with Crippen molar-refractivity contribution in [3.05, 3.63) is 69.6 Å². The summed E-state index contributed by atoms with van der Waals surface area (Å²) in [6, 6.07) is 12.4. The molecule has 0 aliphatic carbocycles. The molecular formula is C23H25N3O4. The van der Waals surface area contributed by atoms with Crippen LogP contribution >= 0.6 is 0 Å². The van der Waals surface area contributed by atoms with Crippen molar-refractivity contribution >= 4 is 28.3 Å². The third kappa shape index (κ3) is 4.74. The van der Waals surface area contributed by atoms with Crippen molar-refractivity contribution in [3.63, 3.8) is 0 Å². The first-order valence-electron chi connectivity index (χ1n) is 9.80. The summed E-state index contributed by atoms with van der Waals surface area (Å²) in [7, 11) is 0. The van der Waals surface area contributed by atoms with Gasteiger partial charge in [0.1, 0.15) is 0 Å². The van der Waals surface area contributed by atoms with Crippen molar-refractivity contribution in [2.75, 3.05) is 11.9 Å². The molecule has 0 aliphatic rings. The van der Waals surface area contributed by atoms with Gasteiger partial charge in [-0.1, -0.05) is 49.7 Å². The Morgan fingerprint density at radius 3 is 2.47 bits per heavy atom. The number of ether oxygens (including phenoxy) is 1. The highest BCUT2D eigenvalue weighted by molar-refractivity contribution is 6.03. The Hall–Kier alpha value is -3.48. The van der Waals surface area contributed by atoms with Crippen LogP contribution in [0.1, 0.15) is 35.5 Å². The molecular weight excluding hydrogens is 382 g/mol. The molecule has 3 aromatic rings. The fourth-order valence-corrected chi connectivity index (χ4v) is 3.20. The summed E-state index contributed by atoms with van der Waals surface area (Å²) in [6.07, 6.45) is 0. The number of carbonyl (C=O) groups excluding carboxylic acids is 2. The van der Waals surface area contributed by atoms with Gasteiger partial charge in [0.15, 0.2) is 12.3 Å². The smallest absolute Gasteiger partial charge is 0.359 e. The van der Waals surface area contributed by atoms with Crippen LogP contribution in [0.4, 0.5) is 5.69 Å². The van der Waals surface area contributed by atoms with Gasteiger partial charge in [-0.2, -0.15) is 5.10 Å². The average Bonchev–Trinajstić information content (AvgIpc) is 2.70. The van der Waals surface area contributed by atoms with E-state index in [1.165, 1.54) is 4.68 Å². The summed E-state index contributed by atoms with van der Waals surface area (Å²) in [5.74, 6) is -1.03. The molecule has 1 amide bonds. The van der Waals surface area contributed by atoms with Gasteiger partial charge in [-0.25, -0.2) is 9.48 Å². The summed E-state index contributed by atoms with van der Waals surface area (Å²) in [5.41, 5.74) is 2.43. The summed E-state index contributed by atoms with van der Waals surface area (Å²) in [4.78, 5) is 37.6. The minimum absolute atomic E-state index is 0.0187. The number of anilines is 1. The number of hydrogen-bond donors (Lipinski definition) is 1. The predicted molar refractivity (Wildman–Crippen MR) is 116 cm³/mol. The molecule has 2 aromatic carbocycles. The van der Waals surface area contributed by atoms with Crippen molar-refractivity contribution < 1.29 is 14.3 Å². The van der Waals surface area contributed by atoms with E-state index in [9.17, 15) is 14.4 Å². The van der Waals surface area contributed by atoms with E-state index in [1.54, 1.807) is 30.3 Å². The SMILES string of the molecule is Cc1ccc(NC(=O)COC(=O)c2nn(CC(C)C)c(=O)c3ccccc23)c(C)c1. The Labute approximate surface area is 174 Å². The number of esters is 1. The van der Waals surface area contributed by atoms with Crippen LogP contribution in [0.25, 0.3) is 10.8 Å². The monoisotopic (exact) mass is 407 g/mol. The summed E-state index contributed by atoms with van der Waals surface area (Å²) in [5, 5.41) is 7.75. The highest BCUT2D eigenvalue weighted by Gasteiger charge is 2.19. The highest BCUT2D eigenvalue weighted by Crippen LogP contribution is 2.17. The lowest BCUT2D eigenvalue weighted by Crippen LogP contribution is -2.29. The van der Waals surface area contributed by atoms with E-state index >= 15 is 0 Å². The fourth-order valence-electron chi connectivity index (χ4n) is 3.20. The number of hydrogen-bond acceptors (Lipinski definition) is 5. The standard InChI is InChI=1S/C23H25N3O4/c1-14(2)12-26-22(28)18-8-6-5-7-17(18)21(25-26)23(29)30-13-20(27)24-19-10-9-15(3)11-16(19)4/h5-11,14H,12-13H2,1-4H3,(H,24,27). The van der Waals surface area contributed by atoms with Crippen LogP contribution in [0.3, 0.4) is 0 Å². The average molecular weight is 407 g/mol. The van der Waals surface area contributed by atoms with E-state index in [1.807, 2.05) is 39.8 Å². The predicted octanol–water partition coefficient (Wildman–Crippen LogP) is 3.46. The molecule has 1 N–H and O–H groups in total. The number of benzene rings is 2. The van der Waals surface area contributed by atoms with Crippen LogP contribution in [-0.2, 0) is 16.1 Å². The zero-order valence-electron chi connectivity index (χ0n) is 17.6. The highest BCUT2D eigenvalue weighted by atomic mass is 16.5. The maximum absolute atomic E-state index is 12.7. The molecule has 0 aliphatic heterocycles. The summed E-state index contributed by atoms with van der Waals surface area (Å²) < 4.78 is 6.48. The number of nitrogens with zero attached hydrogens (tertiary/aromatic N) is 2. The quantitative estimate of drug-likeness (QED) is 0.632. The lowest BCUT2D eigenvalue weighted by atomic mass is 10.1. The zero-order chi connectivity index (χ0) is 21.8. The molecule has 0 saturated carbocycles. The number of fused-ring (bicyclic) bond motifs is 1. The van der Waals surface area contributed by atoms with Gasteiger partial charge in [0.2, 0.25) is 0 Å². The molecule has 156 valence electrons. The first-order chi connectivity index (χ1) is 14.3. The molecule has 0 saturated heterocycles. The van der Waals surface area contributed by atoms with Crippen molar-refractivity contribution in [3.8, 4) is 0 Å². The topological polar surface area (TPSA) is 90.3 Å². The van der Waals surface area contributed by atoms with Gasteiger partial charge in [0, 0.05) is 17.6 Å². The molecule has 1 heterocycles. The molecule has 3 rings (SSSR count). The van der Waals surface area contributed by atoms with Crippen LogP contribution < -0.4 is 10.9 Å². The molecule has 0 unspecified atom stereocenters. The van der Waals surface area contributed by atoms with Gasteiger partial charge < -0.3 is 10.1 Å². The van der Waals surface area contributed by atoms with Crippen molar-refractivity contribution in [2.45, 2.75) is 34.2 Å². The molecule has 7 heteroatoms. The summed E-state index contributed by atoms with van der Waals surface area (Å²) >= 11 is 0. The minimum atomic E-state index is -0.750. The first kappa shape index (κ1) is 21.2. The number of carbonyl (C=O) groups is 2. The number of amides is 1. The van der Waals surface area contributed by atoms with E-state index in [2.05, 4.69) is 10.4 Å². The van der Waals surface area contributed by atoms with Gasteiger partial charge in [-0.05, 0) is 37.5 Å². The molecule has 0 spiro atoms. The van der Waals surface area contributed by atoms with Gasteiger partial charge >= 0.3 is 5.97 Å². The first-order valence-corrected chi connectivity index (χ1v) is 9.80. The van der Waals surface area contributed by atoms with E-state index in [0.29, 0.717) is 23.0 Å². The number of nitrogens with one attached hydrogen (secondary N) is 1. The Bertz CT molecular complexity index is 1160. The Morgan fingerprint density at radius 2 is 1.80 bits per heavy atom. The molecule has 30 heavy (non-hydrogen) atoms. The molecule has 7 nitrogen and oxygen atoms in total. The Kier molecular flexibility index (Phi) is 6.30. The van der Waals surface area contributed by atoms with Crippen molar-refractivity contribution in [2.24, 2.45) is 5.92 Å². The van der Waals surface area contributed by atoms with Crippen LogP contribution in [0.5, 0.6) is 0 Å². The number of aromatic nitrogens is 2. The lowest BCUT2D eigenvalue weighted by molar-refractivity contribution is -0.119. The molecule has 1 aromatic heterocycles. The van der Waals surface area contributed by atoms with E-state index < -0.39 is 18.5 Å². The van der Waals surface area contributed by atoms with Gasteiger partial charge in [-0.15, -0.1) is 0 Å². The third-order valence-electron chi connectivity index (χ3n) is 4.59. The van der Waals surface area contributed by atoms with Gasteiger partial charge in [0.25, 0.3) is 11.5 Å². The van der Waals surface area contributed by atoms with E-state index in [4.69, 9.17) is 4.74 Å². The second kappa shape index (κ2) is 8.90. The van der Waals surface area contributed by atoms with Crippen molar-refractivity contribution in [1.29, 1.82) is 0 Å². The molecule has 0 radical (unpaired) electrons. The van der Waals surface area contributed by atoms with Gasteiger partial charge in [-0.3, -0.25) is 9.59 Å². The van der Waals surface area contributed by atoms with Crippen LogP contribution in [0.15, 0.2) is 47.3 Å². The second-order valence-corrected chi connectivity index (χ2v) is 7.72. The van der Waals surface area contributed by atoms with Crippen LogP contribution in [0, 0.1) is 19.8 Å². The number of aryl methyl sites for hydroxylation is 2. The third-order valence-corrected chi connectivity index (χ3v) is 4.59. The fraction of sp³-hybridized carbons (Fsp3) is 0.304. The normalized spacial score (nSPS) is 11.0.